The van der Waals surface area contributed by atoms with Crippen molar-refractivity contribution in [1.29, 1.82) is 0 Å². The summed E-state index contributed by atoms with van der Waals surface area (Å²) in [6.07, 6.45) is 3.54. The average Bonchev–Trinajstić information content (AvgIpc) is 2.17. The smallest absolute Gasteiger partial charge is 0.320 e. The topological polar surface area (TPSA) is 102 Å². The molecule has 0 fully saturated rings. The highest BCUT2D eigenvalue weighted by molar-refractivity contribution is 5.81. The van der Waals surface area contributed by atoms with Gasteiger partial charge in [-0.15, -0.1) is 6.58 Å². The Morgan fingerprint density at radius 3 is 2.75 bits per heavy atom. The molecule has 0 aliphatic carbocycles. The molecule has 0 saturated carbocycles. The fourth-order valence-electron chi connectivity index (χ4n) is 1.29. The van der Waals surface area contributed by atoms with Crippen molar-refractivity contribution in [1.82, 2.24) is 0 Å². The number of aliphatic carboxylic acids is 1. The summed E-state index contributed by atoms with van der Waals surface area (Å²) in [5.74, 6) is -0.169. The minimum absolute atomic E-state index is 0.228. The van der Waals surface area contributed by atoms with Crippen LogP contribution < -0.4 is 11.5 Å². The molecule has 0 heterocycles. The average molecular weight is 227 g/mol. The largest absolute Gasteiger partial charge is 0.480 e. The second kappa shape index (κ2) is 7.87. The van der Waals surface area contributed by atoms with Crippen LogP contribution in [0.4, 0.5) is 0 Å². The maximum atomic E-state index is 10.5. The number of amidine groups is 1. The number of carboxylic acid groups (broad SMARTS) is 1. The predicted molar refractivity (Wildman–Crippen MR) is 65.3 cm³/mol. The molecule has 0 aromatic heterocycles. The first-order chi connectivity index (χ1) is 7.47. The van der Waals surface area contributed by atoms with Gasteiger partial charge in [0.15, 0.2) is 0 Å². The van der Waals surface area contributed by atoms with Crippen molar-refractivity contribution in [2.24, 2.45) is 22.4 Å². The normalized spacial score (nSPS) is 15.5. The summed E-state index contributed by atoms with van der Waals surface area (Å²) in [5.41, 5.74) is 11.0. The van der Waals surface area contributed by atoms with Gasteiger partial charge in [0.1, 0.15) is 6.04 Å². The van der Waals surface area contributed by atoms with Crippen molar-refractivity contribution in [3.63, 3.8) is 0 Å². The number of nitrogens with zero attached hydrogens (tertiary/aromatic N) is 1. The number of hydrogen-bond acceptors (Lipinski definition) is 3. The van der Waals surface area contributed by atoms with Gasteiger partial charge in [0.25, 0.3) is 0 Å². The van der Waals surface area contributed by atoms with Crippen LogP contribution in [-0.4, -0.2) is 29.5 Å². The SMILES string of the molecule is C=CCC(N)=NCCC(C)C[C@H](N)C(=O)O. The van der Waals surface area contributed by atoms with E-state index in [1.165, 1.54) is 0 Å². The van der Waals surface area contributed by atoms with Gasteiger partial charge < -0.3 is 16.6 Å². The molecule has 0 aromatic rings. The minimum atomic E-state index is -0.957. The van der Waals surface area contributed by atoms with Gasteiger partial charge in [-0.3, -0.25) is 9.79 Å². The van der Waals surface area contributed by atoms with E-state index in [4.69, 9.17) is 16.6 Å². The Bertz CT molecular complexity index is 264. The van der Waals surface area contributed by atoms with Crippen LogP contribution in [0.5, 0.6) is 0 Å². The van der Waals surface area contributed by atoms with E-state index in [-0.39, 0.29) is 5.92 Å². The maximum Gasteiger partial charge on any atom is 0.320 e. The third-order valence-corrected chi connectivity index (χ3v) is 2.26. The summed E-state index contributed by atoms with van der Waals surface area (Å²) in [6, 6.07) is -0.787. The fraction of sp³-hybridized carbons (Fsp3) is 0.636. The molecule has 92 valence electrons. The first kappa shape index (κ1) is 14.6. The molecular weight excluding hydrogens is 206 g/mol. The molecule has 1 unspecified atom stereocenters. The van der Waals surface area contributed by atoms with Gasteiger partial charge in [0, 0.05) is 13.0 Å². The second-order valence-electron chi connectivity index (χ2n) is 3.94. The lowest BCUT2D eigenvalue weighted by Gasteiger charge is -2.12. The molecule has 0 amide bonds. The van der Waals surface area contributed by atoms with Crippen LogP contribution >= 0.6 is 0 Å². The number of carboxylic acids is 1. The highest BCUT2D eigenvalue weighted by Crippen LogP contribution is 2.09. The fourth-order valence-corrected chi connectivity index (χ4v) is 1.29. The van der Waals surface area contributed by atoms with Crippen molar-refractivity contribution < 1.29 is 9.90 Å². The summed E-state index contributed by atoms with van der Waals surface area (Å²) in [5, 5.41) is 8.63. The predicted octanol–water partition coefficient (Wildman–Crippen LogP) is 0.748. The molecule has 16 heavy (non-hydrogen) atoms. The second-order valence-corrected chi connectivity index (χ2v) is 3.94. The zero-order valence-corrected chi connectivity index (χ0v) is 9.72. The van der Waals surface area contributed by atoms with E-state index in [1.807, 2.05) is 6.92 Å². The Hall–Kier alpha value is -1.36. The Labute approximate surface area is 96.2 Å². The third kappa shape index (κ3) is 7.00. The van der Waals surface area contributed by atoms with Crippen LogP contribution in [0.25, 0.3) is 0 Å². The Kier molecular flexibility index (Phi) is 7.20. The van der Waals surface area contributed by atoms with Crippen molar-refractivity contribution >= 4 is 11.8 Å². The van der Waals surface area contributed by atoms with E-state index in [1.54, 1.807) is 6.08 Å². The van der Waals surface area contributed by atoms with Gasteiger partial charge in [0.05, 0.1) is 5.84 Å². The summed E-state index contributed by atoms with van der Waals surface area (Å²) >= 11 is 0. The van der Waals surface area contributed by atoms with E-state index < -0.39 is 12.0 Å². The lowest BCUT2D eigenvalue weighted by Crippen LogP contribution is -2.32. The third-order valence-electron chi connectivity index (χ3n) is 2.26. The highest BCUT2D eigenvalue weighted by Gasteiger charge is 2.14. The molecule has 5 nitrogen and oxygen atoms in total. The van der Waals surface area contributed by atoms with Crippen LogP contribution in [0, 0.1) is 5.92 Å². The van der Waals surface area contributed by atoms with E-state index in [0.717, 1.165) is 6.42 Å². The molecule has 0 spiro atoms. The summed E-state index contributed by atoms with van der Waals surface area (Å²) in [7, 11) is 0. The molecule has 0 radical (unpaired) electrons. The first-order valence-corrected chi connectivity index (χ1v) is 5.35. The number of carbonyl (C=O) groups is 1. The molecule has 0 aliphatic rings. The van der Waals surface area contributed by atoms with Gasteiger partial charge in [0.2, 0.25) is 0 Å². The van der Waals surface area contributed by atoms with E-state index >= 15 is 0 Å². The summed E-state index contributed by atoms with van der Waals surface area (Å²) < 4.78 is 0. The molecule has 2 atom stereocenters. The summed E-state index contributed by atoms with van der Waals surface area (Å²) in [4.78, 5) is 14.7. The molecule has 0 saturated heterocycles. The quantitative estimate of drug-likeness (QED) is 0.323. The summed E-state index contributed by atoms with van der Waals surface area (Å²) in [6.45, 7) is 6.12. The van der Waals surface area contributed by atoms with Gasteiger partial charge in [-0.25, -0.2) is 0 Å². The van der Waals surface area contributed by atoms with Gasteiger partial charge >= 0.3 is 5.97 Å². The monoisotopic (exact) mass is 227 g/mol. The van der Waals surface area contributed by atoms with E-state index in [9.17, 15) is 4.79 Å². The van der Waals surface area contributed by atoms with Crippen molar-refractivity contribution in [3.05, 3.63) is 12.7 Å². The number of hydrogen-bond donors (Lipinski definition) is 3. The van der Waals surface area contributed by atoms with E-state index in [2.05, 4.69) is 11.6 Å². The number of rotatable bonds is 8. The van der Waals surface area contributed by atoms with Crippen LogP contribution in [0.15, 0.2) is 17.6 Å². The molecule has 0 bridgehead atoms. The highest BCUT2D eigenvalue weighted by atomic mass is 16.4. The Balaban J connectivity index is 3.81. The first-order valence-electron chi connectivity index (χ1n) is 5.35. The van der Waals surface area contributed by atoms with Crippen molar-refractivity contribution in [3.8, 4) is 0 Å². The van der Waals surface area contributed by atoms with Crippen LogP contribution in [0.2, 0.25) is 0 Å². The number of nitrogens with two attached hydrogens (primary N) is 2. The molecule has 5 heteroatoms. The van der Waals surface area contributed by atoms with Gasteiger partial charge in [-0.05, 0) is 18.8 Å². The molecule has 5 N–H and O–H groups in total. The molecular formula is C11H21N3O2. The standard InChI is InChI=1S/C11H21N3O2/c1-3-4-10(13)14-6-5-8(2)7-9(12)11(15)16/h3,8-9H,1,4-7,12H2,2H3,(H2,13,14)(H,15,16)/t8?,9-/m0/s1. The molecule has 0 rings (SSSR count). The van der Waals surface area contributed by atoms with Crippen LogP contribution in [-0.2, 0) is 4.79 Å². The Morgan fingerprint density at radius 2 is 2.25 bits per heavy atom. The zero-order valence-electron chi connectivity index (χ0n) is 9.72. The Morgan fingerprint density at radius 1 is 1.62 bits per heavy atom. The maximum absolute atomic E-state index is 10.5. The minimum Gasteiger partial charge on any atom is -0.480 e. The van der Waals surface area contributed by atoms with Crippen LogP contribution in [0.1, 0.15) is 26.2 Å². The molecule has 0 aromatic carbocycles. The van der Waals surface area contributed by atoms with Gasteiger partial charge in [-0.1, -0.05) is 13.0 Å². The van der Waals surface area contributed by atoms with E-state index in [0.29, 0.717) is 25.2 Å². The number of aliphatic imine (C=N–C) groups is 1. The zero-order chi connectivity index (χ0) is 12.6. The van der Waals surface area contributed by atoms with Crippen molar-refractivity contribution in [2.45, 2.75) is 32.2 Å². The van der Waals surface area contributed by atoms with Crippen molar-refractivity contribution in [2.75, 3.05) is 6.54 Å². The lowest BCUT2D eigenvalue weighted by atomic mass is 9.99. The van der Waals surface area contributed by atoms with Gasteiger partial charge in [-0.2, -0.15) is 0 Å². The lowest BCUT2D eigenvalue weighted by molar-refractivity contribution is -0.138. The van der Waals surface area contributed by atoms with Crippen LogP contribution in [0.3, 0.4) is 0 Å². The molecule has 0 aliphatic heterocycles.